The number of nitrogens with one attached hydrogen (secondary N) is 1. The SMILES string of the molecule is CC(C)(C)c1ncc(NC(=O)c2ccc(Cl)c(S(=O)(=O)N3CCCCCC3)c2)cn1. The van der Waals surface area contributed by atoms with Crippen LogP contribution >= 0.6 is 11.6 Å². The summed E-state index contributed by atoms with van der Waals surface area (Å²) in [5, 5.41) is 2.81. The molecule has 0 unspecified atom stereocenters. The van der Waals surface area contributed by atoms with Gasteiger partial charge in [-0.15, -0.1) is 0 Å². The molecule has 30 heavy (non-hydrogen) atoms. The Labute approximate surface area is 182 Å². The highest BCUT2D eigenvalue weighted by atomic mass is 35.5. The Morgan fingerprint density at radius 3 is 2.23 bits per heavy atom. The number of amides is 1. The van der Waals surface area contributed by atoms with Gasteiger partial charge in [-0.05, 0) is 31.0 Å². The first-order valence-corrected chi connectivity index (χ1v) is 11.8. The van der Waals surface area contributed by atoms with Crippen molar-refractivity contribution in [2.75, 3.05) is 18.4 Å². The van der Waals surface area contributed by atoms with Crippen LogP contribution in [0, 0.1) is 0 Å². The Morgan fingerprint density at radius 2 is 1.67 bits per heavy atom. The van der Waals surface area contributed by atoms with E-state index in [1.807, 2.05) is 20.8 Å². The van der Waals surface area contributed by atoms with Crippen molar-refractivity contribution >= 4 is 33.2 Å². The molecule has 1 fully saturated rings. The van der Waals surface area contributed by atoms with Gasteiger partial charge in [0, 0.05) is 24.1 Å². The maximum absolute atomic E-state index is 13.1. The Bertz CT molecular complexity index is 1010. The maximum Gasteiger partial charge on any atom is 0.255 e. The first-order valence-electron chi connectivity index (χ1n) is 10.0. The highest BCUT2D eigenvalue weighted by Crippen LogP contribution is 2.28. The van der Waals surface area contributed by atoms with Crippen LogP contribution < -0.4 is 5.32 Å². The van der Waals surface area contributed by atoms with Gasteiger partial charge in [-0.25, -0.2) is 18.4 Å². The lowest BCUT2D eigenvalue weighted by atomic mass is 9.96. The van der Waals surface area contributed by atoms with Crippen LogP contribution in [0.1, 0.15) is 62.6 Å². The van der Waals surface area contributed by atoms with Crippen LogP contribution in [-0.4, -0.2) is 41.7 Å². The molecule has 0 aliphatic carbocycles. The zero-order chi connectivity index (χ0) is 21.9. The maximum atomic E-state index is 13.1. The van der Waals surface area contributed by atoms with Gasteiger partial charge in [0.25, 0.3) is 5.91 Å². The number of carbonyl (C=O) groups is 1. The molecule has 1 aromatic heterocycles. The summed E-state index contributed by atoms with van der Waals surface area (Å²) in [6, 6.07) is 4.28. The third-order valence-corrected chi connectivity index (χ3v) is 7.34. The predicted molar refractivity (Wildman–Crippen MR) is 117 cm³/mol. The first-order chi connectivity index (χ1) is 14.1. The van der Waals surface area contributed by atoms with E-state index in [0.29, 0.717) is 24.6 Å². The lowest BCUT2D eigenvalue weighted by Crippen LogP contribution is -2.32. The number of hydrogen-bond donors (Lipinski definition) is 1. The van der Waals surface area contributed by atoms with Crippen LogP contribution in [0.3, 0.4) is 0 Å². The summed E-state index contributed by atoms with van der Waals surface area (Å²) < 4.78 is 27.7. The fourth-order valence-corrected chi connectivity index (χ4v) is 5.26. The number of anilines is 1. The van der Waals surface area contributed by atoms with Crippen LogP contribution in [0.4, 0.5) is 5.69 Å². The number of carbonyl (C=O) groups excluding carboxylic acids is 1. The van der Waals surface area contributed by atoms with Crippen molar-refractivity contribution in [3.8, 4) is 0 Å². The van der Waals surface area contributed by atoms with Gasteiger partial charge < -0.3 is 5.32 Å². The number of benzene rings is 1. The van der Waals surface area contributed by atoms with E-state index in [-0.39, 0.29) is 20.9 Å². The first kappa shape index (κ1) is 22.7. The van der Waals surface area contributed by atoms with Gasteiger partial charge in [-0.2, -0.15) is 4.31 Å². The second kappa shape index (κ2) is 8.99. The van der Waals surface area contributed by atoms with E-state index in [0.717, 1.165) is 25.7 Å². The molecular formula is C21H27ClN4O3S. The lowest BCUT2D eigenvalue weighted by Gasteiger charge is -2.21. The van der Waals surface area contributed by atoms with Crippen LogP contribution in [0.5, 0.6) is 0 Å². The Kier molecular flexibility index (Phi) is 6.79. The molecule has 162 valence electrons. The standard InChI is InChI=1S/C21H27ClN4O3S/c1-21(2,3)20-23-13-16(14-24-20)25-19(27)15-8-9-17(22)18(12-15)30(28,29)26-10-6-4-5-7-11-26/h8-9,12-14H,4-7,10-11H2,1-3H3,(H,25,27). The van der Waals surface area contributed by atoms with Crippen molar-refractivity contribution in [1.82, 2.24) is 14.3 Å². The van der Waals surface area contributed by atoms with Gasteiger partial charge >= 0.3 is 0 Å². The zero-order valence-electron chi connectivity index (χ0n) is 17.5. The molecule has 2 aromatic rings. The summed E-state index contributed by atoms with van der Waals surface area (Å²) in [4.78, 5) is 21.2. The van der Waals surface area contributed by atoms with Crippen molar-refractivity contribution in [3.05, 3.63) is 47.0 Å². The van der Waals surface area contributed by atoms with Crippen LogP contribution in [0.2, 0.25) is 5.02 Å². The Morgan fingerprint density at radius 1 is 1.07 bits per heavy atom. The second-order valence-electron chi connectivity index (χ2n) is 8.46. The second-order valence-corrected chi connectivity index (χ2v) is 10.8. The lowest BCUT2D eigenvalue weighted by molar-refractivity contribution is 0.102. The molecule has 1 aliphatic heterocycles. The van der Waals surface area contributed by atoms with Crippen molar-refractivity contribution < 1.29 is 13.2 Å². The number of sulfonamides is 1. The van der Waals surface area contributed by atoms with Gasteiger partial charge in [0.15, 0.2) is 0 Å². The summed E-state index contributed by atoms with van der Waals surface area (Å²) in [7, 11) is -3.77. The normalized spacial score (nSPS) is 16.1. The molecule has 0 saturated carbocycles. The van der Waals surface area contributed by atoms with Gasteiger partial charge in [0.1, 0.15) is 10.7 Å². The summed E-state index contributed by atoms with van der Waals surface area (Å²) in [5.41, 5.74) is 0.433. The van der Waals surface area contributed by atoms with Crippen LogP contribution in [-0.2, 0) is 15.4 Å². The van der Waals surface area contributed by atoms with E-state index in [9.17, 15) is 13.2 Å². The number of halogens is 1. The minimum absolute atomic E-state index is 0.0435. The van der Waals surface area contributed by atoms with E-state index in [4.69, 9.17) is 11.6 Å². The van der Waals surface area contributed by atoms with E-state index in [1.165, 1.54) is 34.9 Å². The molecule has 2 heterocycles. The van der Waals surface area contributed by atoms with Crippen LogP contribution in [0.15, 0.2) is 35.5 Å². The van der Waals surface area contributed by atoms with Gasteiger partial charge in [-0.3, -0.25) is 4.79 Å². The molecule has 9 heteroatoms. The van der Waals surface area contributed by atoms with Crippen molar-refractivity contribution in [3.63, 3.8) is 0 Å². The van der Waals surface area contributed by atoms with Gasteiger partial charge in [0.05, 0.1) is 23.1 Å². The molecule has 0 spiro atoms. The number of rotatable bonds is 4. The van der Waals surface area contributed by atoms with Gasteiger partial charge in [-0.1, -0.05) is 45.2 Å². The molecule has 7 nitrogen and oxygen atoms in total. The largest absolute Gasteiger partial charge is 0.319 e. The third kappa shape index (κ3) is 5.17. The number of hydrogen-bond acceptors (Lipinski definition) is 5. The molecule has 1 saturated heterocycles. The fraction of sp³-hybridized carbons (Fsp3) is 0.476. The molecule has 1 amide bonds. The summed E-state index contributed by atoms with van der Waals surface area (Å²) in [6.45, 7) is 6.93. The topological polar surface area (TPSA) is 92.3 Å². The molecule has 0 atom stereocenters. The monoisotopic (exact) mass is 450 g/mol. The summed E-state index contributed by atoms with van der Waals surface area (Å²) >= 11 is 6.21. The number of aromatic nitrogens is 2. The minimum atomic E-state index is -3.77. The average molecular weight is 451 g/mol. The van der Waals surface area contributed by atoms with E-state index in [1.54, 1.807) is 0 Å². The van der Waals surface area contributed by atoms with Crippen molar-refractivity contribution in [2.45, 2.75) is 56.8 Å². The molecule has 0 radical (unpaired) electrons. The Hall–Kier alpha value is -2.03. The number of nitrogens with zero attached hydrogens (tertiary/aromatic N) is 3. The van der Waals surface area contributed by atoms with E-state index in [2.05, 4.69) is 15.3 Å². The third-order valence-electron chi connectivity index (χ3n) is 4.96. The van der Waals surface area contributed by atoms with Gasteiger partial charge in [0.2, 0.25) is 10.0 Å². The highest BCUT2D eigenvalue weighted by molar-refractivity contribution is 7.89. The molecule has 1 N–H and O–H groups in total. The van der Waals surface area contributed by atoms with Crippen molar-refractivity contribution in [2.24, 2.45) is 0 Å². The van der Waals surface area contributed by atoms with E-state index < -0.39 is 15.9 Å². The average Bonchev–Trinajstić information content (AvgIpc) is 2.98. The summed E-state index contributed by atoms with van der Waals surface area (Å²) in [5.74, 6) is 0.212. The summed E-state index contributed by atoms with van der Waals surface area (Å²) in [6.07, 6.45) is 6.74. The predicted octanol–water partition coefficient (Wildman–Crippen LogP) is 4.24. The minimum Gasteiger partial charge on any atom is -0.319 e. The highest BCUT2D eigenvalue weighted by Gasteiger charge is 2.28. The smallest absolute Gasteiger partial charge is 0.255 e. The van der Waals surface area contributed by atoms with E-state index >= 15 is 0 Å². The Balaban J connectivity index is 1.82. The molecule has 3 rings (SSSR count). The molecule has 1 aromatic carbocycles. The molecule has 1 aliphatic rings. The van der Waals surface area contributed by atoms with Crippen LogP contribution in [0.25, 0.3) is 0 Å². The molecule has 0 bridgehead atoms. The zero-order valence-corrected chi connectivity index (χ0v) is 19.1. The fourth-order valence-electron chi connectivity index (χ4n) is 3.25. The quantitative estimate of drug-likeness (QED) is 0.751. The molecular weight excluding hydrogens is 424 g/mol. The van der Waals surface area contributed by atoms with Crippen molar-refractivity contribution in [1.29, 1.82) is 0 Å².